The average Bonchev–Trinajstić information content (AvgIpc) is 1.98. The van der Waals surface area contributed by atoms with Crippen LogP contribution in [-0.2, 0) is 4.79 Å². The van der Waals surface area contributed by atoms with E-state index in [0.29, 0.717) is 18.3 Å². The molecule has 0 spiro atoms. The summed E-state index contributed by atoms with van der Waals surface area (Å²) in [6.45, 7) is 0. The zero-order chi connectivity index (χ0) is 9.97. The number of rotatable bonds is 1. The Kier molecular flexibility index (Phi) is 3.16. The number of carboxylic acid groups (broad SMARTS) is 1. The van der Waals surface area contributed by atoms with Gasteiger partial charge in [-0.1, -0.05) is 0 Å². The molecule has 0 aliphatic heterocycles. The summed E-state index contributed by atoms with van der Waals surface area (Å²) in [5.74, 6) is -0.0664. The maximum atomic E-state index is 11.2. The number of aliphatic hydroxyl groups is 1. The van der Waals surface area contributed by atoms with Crippen molar-refractivity contribution in [3.8, 4) is 0 Å². The zero-order valence-corrected chi connectivity index (χ0v) is 12.3. The first-order chi connectivity index (χ1) is 6.51. The summed E-state index contributed by atoms with van der Waals surface area (Å²) in [6, 6.07) is 0. The summed E-state index contributed by atoms with van der Waals surface area (Å²) >= 11 is 0. The Morgan fingerprint density at radius 2 is 1.73 bits per heavy atom. The van der Waals surface area contributed by atoms with Gasteiger partial charge in [-0.3, -0.25) is 0 Å². The van der Waals surface area contributed by atoms with E-state index in [1.54, 1.807) is 0 Å². The van der Waals surface area contributed by atoms with E-state index in [2.05, 4.69) is 0 Å². The second kappa shape index (κ2) is 3.78. The van der Waals surface area contributed by atoms with Crippen molar-refractivity contribution in [1.29, 1.82) is 0 Å². The van der Waals surface area contributed by atoms with Crippen molar-refractivity contribution in [2.75, 3.05) is 0 Å². The van der Waals surface area contributed by atoms with E-state index in [9.17, 15) is 15.0 Å². The molecule has 0 aromatic carbocycles. The predicted molar refractivity (Wildman–Crippen MR) is 47.1 cm³/mol. The minimum atomic E-state index is -0.926. The Balaban J connectivity index is 0.000000853. The number of carboxylic acids is 1. The Bertz CT molecular complexity index is 288. The molecule has 0 aromatic rings. The van der Waals surface area contributed by atoms with Gasteiger partial charge in [0.15, 0.2) is 0 Å². The standard InChI is InChI=1S/C11H16O3.K/c12-9(13)10-2-7-1-8(3-10)5-11(14,4-7)6-10;/h7-8,14H,1-6H2,(H,12,13);/q;+1/p-1. The Morgan fingerprint density at radius 1 is 1.20 bits per heavy atom. The first-order valence-electron chi connectivity index (χ1n) is 5.45. The third-order valence-corrected chi connectivity index (χ3v) is 4.46. The maximum absolute atomic E-state index is 11.2. The molecule has 2 unspecified atom stereocenters. The van der Waals surface area contributed by atoms with E-state index >= 15 is 0 Å². The van der Waals surface area contributed by atoms with E-state index < -0.39 is 17.0 Å². The molecule has 4 rings (SSSR count). The van der Waals surface area contributed by atoms with Crippen LogP contribution in [0.25, 0.3) is 0 Å². The van der Waals surface area contributed by atoms with Gasteiger partial charge in [-0.2, -0.15) is 0 Å². The Hall–Kier alpha value is 1.07. The average molecular weight is 234 g/mol. The normalized spacial score (nSPS) is 51.3. The van der Waals surface area contributed by atoms with Crippen LogP contribution in [0.4, 0.5) is 0 Å². The van der Waals surface area contributed by atoms with Gasteiger partial charge in [-0.25, -0.2) is 0 Å². The molecule has 4 aliphatic rings. The van der Waals surface area contributed by atoms with Gasteiger partial charge in [-0.15, -0.1) is 0 Å². The number of hydrogen-bond acceptors (Lipinski definition) is 3. The molecule has 4 bridgehead atoms. The van der Waals surface area contributed by atoms with Gasteiger partial charge >= 0.3 is 51.4 Å². The molecular weight excluding hydrogens is 219 g/mol. The van der Waals surface area contributed by atoms with Crippen LogP contribution in [0.15, 0.2) is 0 Å². The van der Waals surface area contributed by atoms with Crippen LogP contribution in [0.3, 0.4) is 0 Å². The molecule has 0 radical (unpaired) electrons. The van der Waals surface area contributed by atoms with Crippen LogP contribution in [0, 0.1) is 17.3 Å². The van der Waals surface area contributed by atoms with Gasteiger partial charge in [0.25, 0.3) is 0 Å². The van der Waals surface area contributed by atoms with Crippen LogP contribution in [-0.4, -0.2) is 16.7 Å². The van der Waals surface area contributed by atoms with Crippen LogP contribution in [0.1, 0.15) is 38.5 Å². The fourth-order valence-electron chi connectivity index (χ4n) is 4.45. The molecule has 3 nitrogen and oxygen atoms in total. The van der Waals surface area contributed by atoms with Crippen molar-refractivity contribution in [2.45, 2.75) is 44.1 Å². The molecular formula is C11H15KO3. The monoisotopic (exact) mass is 234 g/mol. The number of carbonyl (C=O) groups excluding carboxylic acids is 1. The van der Waals surface area contributed by atoms with Gasteiger partial charge in [0.2, 0.25) is 0 Å². The minimum absolute atomic E-state index is 0. The van der Waals surface area contributed by atoms with Crippen molar-refractivity contribution in [2.24, 2.45) is 17.3 Å². The van der Waals surface area contributed by atoms with Crippen LogP contribution in [0.2, 0.25) is 0 Å². The molecule has 78 valence electrons. The zero-order valence-electron chi connectivity index (χ0n) is 9.16. The van der Waals surface area contributed by atoms with Gasteiger partial charge in [0.05, 0.1) is 5.60 Å². The molecule has 4 heteroatoms. The van der Waals surface area contributed by atoms with Crippen molar-refractivity contribution < 1.29 is 66.4 Å². The van der Waals surface area contributed by atoms with Crippen molar-refractivity contribution in [3.05, 3.63) is 0 Å². The molecule has 4 saturated carbocycles. The SMILES string of the molecule is O=C([O-])C12CC3CC(CC(O)(C3)C1)C2.[K+]. The van der Waals surface area contributed by atoms with E-state index in [4.69, 9.17) is 0 Å². The van der Waals surface area contributed by atoms with Gasteiger partial charge in [-0.05, 0) is 50.4 Å². The topological polar surface area (TPSA) is 60.4 Å². The van der Waals surface area contributed by atoms with Crippen LogP contribution in [0.5, 0.6) is 0 Å². The van der Waals surface area contributed by atoms with Gasteiger partial charge < -0.3 is 15.0 Å². The van der Waals surface area contributed by atoms with E-state index in [-0.39, 0.29) is 51.4 Å². The number of aliphatic carboxylic acids is 1. The Morgan fingerprint density at radius 3 is 2.13 bits per heavy atom. The molecule has 1 N–H and O–H groups in total. The van der Waals surface area contributed by atoms with Gasteiger partial charge in [0, 0.05) is 11.4 Å². The minimum Gasteiger partial charge on any atom is -0.550 e. The van der Waals surface area contributed by atoms with Gasteiger partial charge in [0.1, 0.15) is 0 Å². The van der Waals surface area contributed by atoms with Crippen LogP contribution < -0.4 is 56.5 Å². The molecule has 0 aromatic heterocycles. The first-order valence-corrected chi connectivity index (χ1v) is 5.45. The first kappa shape index (κ1) is 12.5. The predicted octanol–water partition coefficient (Wildman–Crippen LogP) is -2.93. The summed E-state index contributed by atoms with van der Waals surface area (Å²) in [4.78, 5) is 11.2. The molecule has 0 saturated heterocycles. The third kappa shape index (κ3) is 1.87. The summed E-state index contributed by atoms with van der Waals surface area (Å²) < 4.78 is 0. The summed E-state index contributed by atoms with van der Waals surface area (Å²) in [5.41, 5.74) is -1.36. The van der Waals surface area contributed by atoms with E-state index in [1.165, 1.54) is 0 Å². The molecule has 4 fully saturated rings. The number of hydrogen-bond donors (Lipinski definition) is 1. The Labute approximate surface area is 132 Å². The molecule has 15 heavy (non-hydrogen) atoms. The number of carbonyl (C=O) groups is 1. The third-order valence-electron chi connectivity index (χ3n) is 4.46. The fraction of sp³-hybridized carbons (Fsp3) is 0.909. The van der Waals surface area contributed by atoms with Crippen molar-refractivity contribution in [3.63, 3.8) is 0 Å². The van der Waals surface area contributed by atoms with Crippen LogP contribution >= 0.6 is 0 Å². The summed E-state index contributed by atoms with van der Waals surface area (Å²) in [5, 5.41) is 21.4. The van der Waals surface area contributed by atoms with Crippen molar-refractivity contribution in [1.82, 2.24) is 0 Å². The second-order valence-electron chi connectivity index (χ2n) is 5.75. The molecule has 0 heterocycles. The fourth-order valence-corrected chi connectivity index (χ4v) is 4.45. The summed E-state index contributed by atoms with van der Waals surface area (Å²) in [7, 11) is 0. The van der Waals surface area contributed by atoms with E-state index in [0.717, 1.165) is 32.1 Å². The maximum Gasteiger partial charge on any atom is 1.00 e. The smallest absolute Gasteiger partial charge is 0.550 e. The second-order valence-corrected chi connectivity index (χ2v) is 5.75. The van der Waals surface area contributed by atoms with E-state index in [1.807, 2.05) is 0 Å². The summed E-state index contributed by atoms with van der Waals surface area (Å²) in [6.07, 6.45) is 4.69. The molecule has 2 atom stereocenters. The molecule has 0 amide bonds. The quantitative estimate of drug-likeness (QED) is 0.494. The van der Waals surface area contributed by atoms with Crippen molar-refractivity contribution >= 4 is 5.97 Å². The molecule has 4 aliphatic carbocycles. The largest absolute Gasteiger partial charge is 1.00 e.